The zero-order chi connectivity index (χ0) is 15.5. The molecule has 0 radical (unpaired) electrons. The van der Waals surface area contributed by atoms with Gasteiger partial charge in [0.25, 0.3) is 5.91 Å². The highest BCUT2D eigenvalue weighted by molar-refractivity contribution is 7.14. The van der Waals surface area contributed by atoms with Crippen molar-refractivity contribution in [3.8, 4) is 11.3 Å². The number of aromatic nitrogens is 1. The Morgan fingerprint density at radius 2 is 2.05 bits per heavy atom. The van der Waals surface area contributed by atoms with Crippen molar-refractivity contribution in [2.75, 3.05) is 11.9 Å². The number of esters is 1. The second kappa shape index (κ2) is 6.23. The number of benzene rings is 1. The molecule has 1 amide bonds. The molecule has 1 aliphatic carbocycles. The fourth-order valence-corrected chi connectivity index (χ4v) is 2.55. The van der Waals surface area contributed by atoms with Crippen molar-refractivity contribution < 1.29 is 18.7 Å². The molecule has 0 aliphatic heterocycles. The van der Waals surface area contributed by atoms with Crippen LogP contribution in [0.5, 0.6) is 0 Å². The van der Waals surface area contributed by atoms with Crippen molar-refractivity contribution in [3.63, 3.8) is 0 Å². The summed E-state index contributed by atoms with van der Waals surface area (Å²) in [6, 6.07) is 5.94. The standard InChI is InChI=1S/C15H13FN2O3S/c16-11-5-3-9(4-6-11)12-8-22-15(17-12)18-13(19)7-21-14(20)10-1-2-10/h3-6,8,10H,1-2,7H2,(H,17,18,19). The lowest BCUT2D eigenvalue weighted by Gasteiger charge is -2.03. The van der Waals surface area contributed by atoms with Crippen LogP contribution in [-0.4, -0.2) is 23.5 Å². The van der Waals surface area contributed by atoms with E-state index in [1.165, 1.54) is 23.5 Å². The second-order valence-corrected chi connectivity index (χ2v) is 5.83. The molecule has 5 nitrogen and oxygen atoms in total. The summed E-state index contributed by atoms with van der Waals surface area (Å²) in [5, 5.41) is 4.75. The highest BCUT2D eigenvalue weighted by Gasteiger charge is 2.31. The molecule has 1 aromatic heterocycles. The van der Waals surface area contributed by atoms with E-state index in [0.717, 1.165) is 18.4 Å². The minimum atomic E-state index is -0.422. The van der Waals surface area contributed by atoms with Crippen LogP contribution in [0.4, 0.5) is 9.52 Å². The first-order valence-electron chi connectivity index (χ1n) is 6.80. The van der Waals surface area contributed by atoms with E-state index in [-0.39, 0.29) is 24.3 Å². The second-order valence-electron chi connectivity index (χ2n) is 4.97. The molecule has 1 aliphatic rings. The zero-order valence-corrected chi connectivity index (χ0v) is 12.4. The van der Waals surface area contributed by atoms with Gasteiger partial charge in [-0.05, 0) is 37.1 Å². The van der Waals surface area contributed by atoms with Crippen LogP contribution in [0.1, 0.15) is 12.8 Å². The number of hydrogen-bond donors (Lipinski definition) is 1. The molecular weight excluding hydrogens is 307 g/mol. The molecule has 2 aromatic rings. The summed E-state index contributed by atoms with van der Waals surface area (Å²) in [5.74, 6) is -1.09. The number of nitrogens with one attached hydrogen (secondary N) is 1. The van der Waals surface area contributed by atoms with Gasteiger partial charge in [0.05, 0.1) is 11.6 Å². The quantitative estimate of drug-likeness (QED) is 0.860. The van der Waals surface area contributed by atoms with Crippen LogP contribution in [-0.2, 0) is 14.3 Å². The average molecular weight is 320 g/mol. The minimum absolute atomic E-state index is 0.0299. The van der Waals surface area contributed by atoms with Crippen molar-refractivity contribution in [1.82, 2.24) is 4.98 Å². The molecule has 1 heterocycles. The van der Waals surface area contributed by atoms with Gasteiger partial charge >= 0.3 is 5.97 Å². The van der Waals surface area contributed by atoms with Gasteiger partial charge in [-0.2, -0.15) is 0 Å². The van der Waals surface area contributed by atoms with Gasteiger partial charge < -0.3 is 4.74 Å². The minimum Gasteiger partial charge on any atom is -0.455 e. The first-order valence-corrected chi connectivity index (χ1v) is 7.68. The molecule has 0 atom stereocenters. The first-order chi connectivity index (χ1) is 10.6. The molecule has 0 bridgehead atoms. The van der Waals surface area contributed by atoms with Crippen LogP contribution in [0.15, 0.2) is 29.6 Å². The van der Waals surface area contributed by atoms with Gasteiger partial charge in [-0.1, -0.05) is 0 Å². The van der Waals surface area contributed by atoms with Crippen LogP contribution in [0.25, 0.3) is 11.3 Å². The lowest BCUT2D eigenvalue weighted by atomic mass is 10.2. The molecular formula is C15H13FN2O3S. The summed E-state index contributed by atoms with van der Waals surface area (Å²) >= 11 is 1.25. The number of hydrogen-bond acceptors (Lipinski definition) is 5. The van der Waals surface area contributed by atoms with Gasteiger partial charge in [0.2, 0.25) is 0 Å². The monoisotopic (exact) mass is 320 g/mol. The lowest BCUT2D eigenvalue weighted by molar-refractivity contribution is -0.148. The summed E-state index contributed by atoms with van der Waals surface area (Å²) in [4.78, 5) is 27.3. The number of amides is 1. The Morgan fingerprint density at radius 1 is 1.32 bits per heavy atom. The number of thiazole rings is 1. The predicted octanol–water partition coefficient (Wildman–Crippen LogP) is 2.84. The maximum atomic E-state index is 12.9. The number of ether oxygens (including phenoxy) is 1. The molecule has 1 saturated carbocycles. The van der Waals surface area contributed by atoms with Gasteiger partial charge in [0, 0.05) is 10.9 Å². The number of carbonyl (C=O) groups is 2. The fourth-order valence-electron chi connectivity index (χ4n) is 1.81. The third-order valence-corrected chi connectivity index (χ3v) is 3.90. The van der Waals surface area contributed by atoms with E-state index < -0.39 is 5.91 Å². The van der Waals surface area contributed by atoms with Crippen molar-refractivity contribution in [2.24, 2.45) is 5.92 Å². The maximum absolute atomic E-state index is 12.9. The van der Waals surface area contributed by atoms with Crippen molar-refractivity contribution in [3.05, 3.63) is 35.5 Å². The number of rotatable bonds is 5. The molecule has 0 unspecified atom stereocenters. The molecule has 1 fully saturated rings. The van der Waals surface area contributed by atoms with E-state index >= 15 is 0 Å². The van der Waals surface area contributed by atoms with Crippen LogP contribution >= 0.6 is 11.3 Å². The molecule has 1 aromatic carbocycles. The first kappa shape index (κ1) is 14.6. The Bertz CT molecular complexity index is 695. The van der Waals surface area contributed by atoms with E-state index in [1.807, 2.05) is 0 Å². The third kappa shape index (κ3) is 3.67. The largest absolute Gasteiger partial charge is 0.455 e. The smallest absolute Gasteiger partial charge is 0.309 e. The van der Waals surface area contributed by atoms with Gasteiger partial charge in [0.15, 0.2) is 11.7 Å². The Balaban J connectivity index is 1.55. The number of nitrogens with zero attached hydrogens (tertiary/aromatic N) is 1. The molecule has 22 heavy (non-hydrogen) atoms. The van der Waals surface area contributed by atoms with Gasteiger partial charge in [0.1, 0.15) is 5.82 Å². The SMILES string of the molecule is O=C(COC(=O)C1CC1)Nc1nc(-c2ccc(F)cc2)cs1. The number of anilines is 1. The van der Waals surface area contributed by atoms with Crippen molar-refractivity contribution >= 4 is 28.3 Å². The highest BCUT2D eigenvalue weighted by Crippen LogP contribution is 2.30. The Labute approximate surface area is 130 Å². The normalized spacial score (nSPS) is 13.7. The predicted molar refractivity (Wildman–Crippen MR) is 79.8 cm³/mol. The molecule has 114 valence electrons. The van der Waals surface area contributed by atoms with Crippen molar-refractivity contribution in [1.29, 1.82) is 0 Å². The van der Waals surface area contributed by atoms with E-state index in [2.05, 4.69) is 10.3 Å². The van der Waals surface area contributed by atoms with Gasteiger partial charge in [-0.15, -0.1) is 11.3 Å². The Morgan fingerprint density at radius 3 is 2.73 bits per heavy atom. The van der Waals surface area contributed by atoms with E-state index in [0.29, 0.717) is 10.8 Å². The molecule has 3 rings (SSSR count). The summed E-state index contributed by atoms with van der Waals surface area (Å²) in [6.07, 6.45) is 1.68. The maximum Gasteiger partial charge on any atom is 0.309 e. The van der Waals surface area contributed by atoms with Crippen LogP contribution in [0.2, 0.25) is 0 Å². The summed E-state index contributed by atoms with van der Waals surface area (Å²) < 4.78 is 17.8. The molecule has 7 heteroatoms. The van der Waals surface area contributed by atoms with Crippen LogP contribution < -0.4 is 5.32 Å². The average Bonchev–Trinajstić information content (AvgIpc) is 3.26. The number of halogens is 1. The van der Waals surface area contributed by atoms with E-state index in [9.17, 15) is 14.0 Å². The lowest BCUT2D eigenvalue weighted by Crippen LogP contribution is -2.21. The molecule has 1 N–H and O–H groups in total. The highest BCUT2D eigenvalue weighted by atomic mass is 32.1. The van der Waals surface area contributed by atoms with E-state index in [4.69, 9.17) is 4.74 Å². The molecule has 0 spiro atoms. The summed E-state index contributed by atoms with van der Waals surface area (Å²) in [6.45, 7) is -0.305. The summed E-state index contributed by atoms with van der Waals surface area (Å²) in [7, 11) is 0. The molecule has 0 saturated heterocycles. The number of carbonyl (C=O) groups excluding carboxylic acids is 2. The summed E-state index contributed by atoms with van der Waals surface area (Å²) in [5.41, 5.74) is 1.41. The van der Waals surface area contributed by atoms with Gasteiger partial charge in [-0.3, -0.25) is 14.9 Å². The Kier molecular flexibility index (Phi) is 4.15. The van der Waals surface area contributed by atoms with Crippen molar-refractivity contribution in [2.45, 2.75) is 12.8 Å². The van der Waals surface area contributed by atoms with E-state index in [1.54, 1.807) is 17.5 Å². The fraction of sp³-hybridized carbons (Fsp3) is 0.267. The topological polar surface area (TPSA) is 68.3 Å². The Hall–Kier alpha value is -2.28. The zero-order valence-electron chi connectivity index (χ0n) is 11.5. The van der Waals surface area contributed by atoms with Crippen LogP contribution in [0.3, 0.4) is 0 Å². The van der Waals surface area contributed by atoms with Crippen LogP contribution in [0, 0.1) is 11.7 Å². The van der Waals surface area contributed by atoms with Gasteiger partial charge in [-0.25, -0.2) is 9.37 Å². The third-order valence-electron chi connectivity index (χ3n) is 3.15.